The van der Waals surface area contributed by atoms with E-state index in [0.29, 0.717) is 16.1 Å². The van der Waals surface area contributed by atoms with Crippen LogP contribution in [0.2, 0.25) is 10.0 Å². The van der Waals surface area contributed by atoms with Crippen LogP contribution in [0.1, 0.15) is 19.3 Å². The summed E-state index contributed by atoms with van der Waals surface area (Å²) in [5.41, 5.74) is 1.67. The standard InChI is InChI=1S/C14H21N5.C8H7Cl2NO/c1-18-8-4-3-5-11(9-18)19(2)14-12-6-7-15-13(12)16-10-17-14;9-6-3-7(10)5-8(4-6)11-1-2-12/h6-7,10-11H,3-5,8-9H2,1-2H3,(H,15,16,17);2-5,11H,1H2. The van der Waals surface area contributed by atoms with Gasteiger partial charge in [0.15, 0.2) is 0 Å². The highest BCUT2D eigenvalue weighted by Crippen LogP contribution is 2.25. The molecule has 166 valence electrons. The minimum Gasteiger partial charge on any atom is -0.378 e. The third kappa shape index (κ3) is 6.56. The van der Waals surface area contributed by atoms with E-state index in [4.69, 9.17) is 23.2 Å². The molecule has 31 heavy (non-hydrogen) atoms. The number of aromatic amines is 1. The van der Waals surface area contributed by atoms with E-state index in [2.05, 4.69) is 50.2 Å². The van der Waals surface area contributed by atoms with E-state index in [1.54, 1.807) is 24.5 Å². The average molecular weight is 463 g/mol. The molecule has 3 aromatic rings. The summed E-state index contributed by atoms with van der Waals surface area (Å²) < 4.78 is 0. The average Bonchev–Trinajstić information content (AvgIpc) is 3.12. The molecule has 0 bridgehead atoms. The maximum atomic E-state index is 10.0. The number of rotatable bonds is 5. The molecule has 0 aliphatic carbocycles. The fraction of sp³-hybridized carbons (Fsp3) is 0.409. The van der Waals surface area contributed by atoms with Crippen LogP contribution in [0.15, 0.2) is 36.8 Å². The van der Waals surface area contributed by atoms with Crippen LogP contribution in [0.4, 0.5) is 11.5 Å². The molecule has 9 heteroatoms. The summed E-state index contributed by atoms with van der Waals surface area (Å²) in [7, 11) is 4.36. The van der Waals surface area contributed by atoms with Crippen LogP contribution in [0.5, 0.6) is 0 Å². The molecule has 1 saturated heterocycles. The van der Waals surface area contributed by atoms with Crippen molar-refractivity contribution in [1.82, 2.24) is 19.9 Å². The van der Waals surface area contributed by atoms with E-state index < -0.39 is 0 Å². The van der Waals surface area contributed by atoms with E-state index in [-0.39, 0.29) is 6.54 Å². The van der Waals surface area contributed by atoms with Crippen molar-refractivity contribution in [2.75, 3.05) is 43.9 Å². The van der Waals surface area contributed by atoms with Crippen molar-refractivity contribution < 1.29 is 4.79 Å². The molecule has 1 fully saturated rings. The number of aromatic nitrogens is 3. The molecule has 0 amide bonds. The number of carbonyl (C=O) groups is 1. The van der Waals surface area contributed by atoms with Crippen LogP contribution in [-0.4, -0.2) is 65.9 Å². The third-order valence-electron chi connectivity index (χ3n) is 5.32. The molecule has 1 aromatic carbocycles. The lowest BCUT2D eigenvalue weighted by Crippen LogP contribution is -2.40. The monoisotopic (exact) mass is 462 g/mol. The van der Waals surface area contributed by atoms with Crippen molar-refractivity contribution in [1.29, 1.82) is 0 Å². The zero-order valence-electron chi connectivity index (χ0n) is 17.8. The Kier molecular flexibility index (Phi) is 8.51. The van der Waals surface area contributed by atoms with E-state index >= 15 is 0 Å². The molecular formula is C22H28Cl2N6O. The van der Waals surface area contributed by atoms with Gasteiger partial charge in [-0.3, -0.25) is 0 Å². The highest BCUT2D eigenvalue weighted by Gasteiger charge is 2.22. The lowest BCUT2D eigenvalue weighted by Gasteiger charge is -2.30. The van der Waals surface area contributed by atoms with Crippen molar-refractivity contribution in [2.24, 2.45) is 0 Å². The number of nitrogens with one attached hydrogen (secondary N) is 2. The SMILES string of the molecule is CN1CCCCC(N(C)c2ncnc3[nH]ccc23)C1.O=CCNc1cc(Cl)cc(Cl)c1. The topological polar surface area (TPSA) is 77.2 Å². The van der Waals surface area contributed by atoms with Crippen LogP contribution in [-0.2, 0) is 4.79 Å². The van der Waals surface area contributed by atoms with Gasteiger partial charge in [-0.05, 0) is 50.7 Å². The normalized spacial score (nSPS) is 16.8. The minimum absolute atomic E-state index is 0.261. The van der Waals surface area contributed by atoms with E-state index in [1.165, 1.54) is 25.8 Å². The molecule has 4 rings (SSSR count). The van der Waals surface area contributed by atoms with Crippen molar-refractivity contribution in [2.45, 2.75) is 25.3 Å². The number of hydrogen-bond donors (Lipinski definition) is 2. The lowest BCUT2D eigenvalue weighted by molar-refractivity contribution is -0.106. The van der Waals surface area contributed by atoms with E-state index in [1.807, 2.05) is 6.20 Å². The molecule has 2 N–H and O–H groups in total. The number of fused-ring (bicyclic) bond motifs is 1. The van der Waals surface area contributed by atoms with Crippen LogP contribution in [0, 0.1) is 0 Å². The Morgan fingerprint density at radius 2 is 2.03 bits per heavy atom. The summed E-state index contributed by atoms with van der Waals surface area (Å²) in [6.45, 7) is 2.57. The Labute approximate surface area is 192 Å². The number of benzene rings is 1. The molecule has 0 saturated carbocycles. The predicted molar refractivity (Wildman–Crippen MR) is 128 cm³/mol. The second-order valence-corrected chi connectivity index (χ2v) is 8.54. The van der Waals surface area contributed by atoms with Crippen molar-refractivity contribution in [3.05, 3.63) is 46.8 Å². The first-order chi connectivity index (χ1) is 15.0. The van der Waals surface area contributed by atoms with E-state index in [9.17, 15) is 4.79 Å². The van der Waals surface area contributed by atoms with Crippen LogP contribution < -0.4 is 10.2 Å². The zero-order chi connectivity index (χ0) is 22.2. The van der Waals surface area contributed by atoms with Crippen molar-refractivity contribution in [3.8, 4) is 0 Å². The Morgan fingerprint density at radius 3 is 2.77 bits per heavy atom. The Bertz CT molecular complexity index is 975. The summed E-state index contributed by atoms with van der Waals surface area (Å²) in [6.07, 6.45) is 8.16. The van der Waals surface area contributed by atoms with Crippen molar-refractivity contribution >= 4 is 52.0 Å². The number of nitrogens with zero attached hydrogens (tertiary/aromatic N) is 4. The van der Waals surface area contributed by atoms with Crippen LogP contribution in [0.25, 0.3) is 11.0 Å². The fourth-order valence-corrected chi connectivity index (χ4v) is 4.27. The van der Waals surface area contributed by atoms with Gasteiger partial charge in [0.2, 0.25) is 0 Å². The Balaban J connectivity index is 0.000000196. The van der Waals surface area contributed by atoms with E-state index in [0.717, 1.165) is 35.4 Å². The van der Waals surface area contributed by atoms with Gasteiger partial charge in [-0.25, -0.2) is 9.97 Å². The van der Waals surface area contributed by atoms with Gasteiger partial charge in [-0.1, -0.05) is 29.6 Å². The smallest absolute Gasteiger partial charge is 0.142 e. The number of likely N-dealkylation sites (tertiary alicyclic amines) is 1. The molecule has 1 unspecified atom stereocenters. The highest BCUT2D eigenvalue weighted by molar-refractivity contribution is 6.35. The van der Waals surface area contributed by atoms with Gasteiger partial charge >= 0.3 is 0 Å². The summed E-state index contributed by atoms with van der Waals surface area (Å²) in [5.74, 6) is 1.03. The first kappa shape index (κ1) is 23.3. The second kappa shape index (κ2) is 11.3. The number of likely N-dealkylation sites (N-methyl/N-ethyl adjacent to an activating group) is 2. The molecule has 1 aliphatic rings. The number of anilines is 2. The largest absolute Gasteiger partial charge is 0.378 e. The molecule has 1 atom stereocenters. The number of halogens is 2. The molecular weight excluding hydrogens is 435 g/mol. The summed E-state index contributed by atoms with van der Waals surface area (Å²) in [6, 6.07) is 7.63. The first-order valence-electron chi connectivity index (χ1n) is 10.3. The summed E-state index contributed by atoms with van der Waals surface area (Å²) in [5, 5.41) is 5.05. The molecule has 2 aromatic heterocycles. The summed E-state index contributed by atoms with van der Waals surface area (Å²) >= 11 is 11.4. The Hall–Kier alpha value is -2.35. The van der Waals surface area contributed by atoms with Crippen LogP contribution in [0.3, 0.4) is 0 Å². The maximum absolute atomic E-state index is 10.0. The Morgan fingerprint density at radius 1 is 1.26 bits per heavy atom. The predicted octanol–water partition coefficient (Wildman–Crippen LogP) is 4.48. The molecule has 0 spiro atoms. The van der Waals surface area contributed by atoms with Gasteiger partial charge in [0.1, 0.15) is 24.1 Å². The number of aldehydes is 1. The molecule has 1 aliphatic heterocycles. The fourth-order valence-electron chi connectivity index (χ4n) is 3.75. The van der Waals surface area contributed by atoms with Gasteiger partial charge < -0.3 is 24.9 Å². The summed E-state index contributed by atoms with van der Waals surface area (Å²) in [4.78, 5) is 26.7. The number of hydrogen-bond acceptors (Lipinski definition) is 6. The van der Waals surface area contributed by atoms with Gasteiger partial charge in [-0.15, -0.1) is 0 Å². The zero-order valence-corrected chi connectivity index (χ0v) is 19.3. The molecule has 3 heterocycles. The first-order valence-corrected chi connectivity index (χ1v) is 11.1. The quantitative estimate of drug-likeness (QED) is 0.544. The highest BCUT2D eigenvalue weighted by atomic mass is 35.5. The number of carbonyl (C=O) groups excluding carboxylic acids is 1. The second-order valence-electron chi connectivity index (χ2n) is 7.67. The minimum atomic E-state index is 0.261. The van der Waals surface area contributed by atoms with Gasteiger partial charge in [-0.2, -0.15) is 0 Å². The molecule has 7 nitrogen and oxygen atoms in total. The third-order valence-corrected chi connectivity index (χ3v) is 5.75. The van der Waals surface area contributed by atoms with Gasteiger partial charge in [0.05, 0.1) is 11.9 Å². The molecule has 0 radical (unpaired) electrons. The number of H-pyrrole nitrogens is 1. The lowest BCUT2D eigenvalue weighted by atomic mass is 10.1. The van der Waals surface area contributed by atoms with Gasteiger partial charge in [0.25, 0.3) is 0 Å². The van der Waals surface area contributed by atoms with Gasteiger partial charge in [0, 0.05) is 41.6 Å². The van der Waals surface area contributed by atoms with Crippen LogP contribution >= 0.6 is 23.2 Å². The van der Waals surface area contributed by atoms with Crippen molar-refractivity contribution in [3.63, 3.8) is 0 Å². The maximum Gasteiger partial charge on any atom is 0.142 e.